The Morgan fingerprint density at radius 1 is 1.05 bits per heavy atom. The lowest BCUT2D eigenvalue weighted by Crippen LogP contribution is -2.36. The van der Waals surface area contributed by atoms with E-state index in [0.717, 1.165) is 0 Å². The number of nitrogens with two attached hydrogens (primary N) is 3. The van der Waals surface area contributed by atoms with Crippen LogP contribution in [0.25, 0.3) is 0 Å². The highest BCUT2D eigenvalue weighted by Crippen LogP contribution is 2.18. The summed E-state index contributed by atoms with van der Waals surface area (Å²) in [4.78, 5) is 20.4. The summed E-state index contributed by atoms with van der Waals surface area (Å²) in [6, 6.07) is 3.39. The fourth-order valence-corrected chi connectivity index (χ4v) is 1.32. The van der Waals surface area contributed by atoms with Gasteiger partial charge in [-0.1, -0.05) is 12.1 Å². The minimum atomic E-state index is -1.36. The van der Waals surface area contributed by atoms with Crippen LogP contribution in [-0.4, -0.2) is 51.0 Å². The van der Waals surface area contributed by atoms with Crippen molar-refractivity contribution in [2.75, 3.05) is 6.54 Å². The normalized spacial score (nSPS) is 14.2. The molecule has 124 valence electrons. The lowest BCUT2D eigenvalue weighted by atomic mass is 10.0. The molecule has 9 nitrogen and oxygen atoms in total. The molecule has 0 aliphatic rings. The van der Waals surface area contributed by atoms with E-state index in [2.05, 4.69) is 0 Å². The van der Waals surface area contributed by atoms with E-state index in [0.29, 0.717) is 18.5 Å². The number of carboxylic acids is 2. The number of hydrogen-bond acceptors (Lipinski definition) is 7. The molecule has 0 heterocycles. The van der Waals surface area contributed by atoms with E-state index in [-0.39, 0.29) is 5.75 Å². The number of rotatable bonds is 6. The van der Waals surface area contributed by atoms with Gasteiger partial charge in [-0.2, -0.15) is 0 Å². The van der Waals surface area contributed by atoms with Gasteiger partial charge in [-0.3, -0.25) is 9.59 Å². The molecule has 1 aromatic carbocycles. The third-order valence-electron chi connectivity index (χ3n) is 2.65. The number of aliphatic carboxylic acids is 2. The van der Waals surface area contributed by atoms with Crippen molar-refractivity contribution in [3.8, 4) is 5.75 Å². The number of phenols is 1. The van der Waals surface area contributed by atoms with Crippen LogP contribution in [0.5, 0.6) is 5.75 Å². The zero-order valence-corrected chi connectivity index (χ0v) is 11.8. The van der Waals surface area contributed by atoms with E-state index >= 15 is 0 Å². The number of carboxylic acid groups (broad SMARTS) is 2. The van der Waals surface area contributed by atoms with Crippen LogP contribution in [0.15, 0.2) is 24.3 Å². The van der Waals surface area contributed by atoms with Crippen LogP contribution < -0.4 is 17.2 Å². The first-order valence-corrected chi connectivity index (χ1v) is 6.34. The van der Waals surface area contributed by atoms with Crippen molar-refractivity contribution in [3.63, 3.8) is 0 Å². The summed E-state index contributed by atoms with van der Waals surface area (Å²) in [5, 5.41) is 35.1. The summed E-state index contributed by atoms with van der Waals surface area (Å²) in [6.07, 6.45) is -0.928. The molecule has 0 aromatic heterocycles. The van der Waals surface area contributed by atoms with Gasteiger partial charge in [-0.15, -0.1) is 0 Å². The topological polar surface area (TPSA) is 193 Å². The van der Waals surface area contributed by atoms with Gasteiger partial charge in [-0.25, -0.2) is 0 Å². The number of carbonyl (C=O) groups is 2. The van der Waals surface area contributed by atoms with Crippen LogP contribution in [0, 0.1) is 0 Å². The van der Waals surface area contributed by atoms with Gasteiger partial charge < -0.3 is 37.6 Å². The summed E-state index contributed by atoms with van der Waals surface area (Å²) in [7, 11) is 0. The average molecular weight is 315 g/mol. The minimum absolute atomic E-state index is 0.0462. The van der Waals surface area contributed by atoms with Crippen molar-refractivity contribution in [1.82, 2.24) is 0 Å². The van der Waals surface area contributed by atoms with Crippen molar-refractivity contribution >= 4 is 11.9 Å². The molecule has 0 spiro atoms. The lowest BCUT2D eigenvalue weighted by Gasteiger charge is -2.14. The maximum Gasteiger partial charge on any atom is 0.323 e. The van der Waals surface area contributed by atoms with Crippen molar-refractivity contribution in [1.29, 1.82) is 0 Å². The second-order valence-electron chi connectivity index (χ2n) is 4.42. The molecule has 1 aromatic rings. The maximum atomic E-state index is 10.4. The average Bonchev–Trinajstić information content (AvgIpc) is 2.47. The molecule has 0 bridgehead atoms. The van der Waals surface area contributed by atoms with Gasteiger partial charge in [0.05, 0.1) is 0 Å². The Labute approximate surface area is 127 Å². The molecule has 0 saturated heterocycles. The zero-order valence-electron chi connectivity index (χ0n) is 11.8. The van der Waals surface area contributed by atoms with Crippen LogP contribution in [0.1, 0.15) is 18.1 Å². The van der Waals surface area contributed by atoms with Crippen LogP contribution in [0.4, 0.5) is 0 Å². The number of aliphatic hydroxyl groups excluding tert-OH is 1. The minimum Gasteiger partial charge on any atom is -0.508 e. The van der Waals surface area contributed by atoms with E-state index in [1.165, 1.54) is 24.3 Å². The molecule has 0 amide bonds. The van der Waals surface area contributed by atoms with Gasteiger partial charge in [-0.05, 0) is 30.7 Å². The molecule has 0 aliphatic carbocycles. The first kappa shape index (κ1) is 19.8. The molecule has 0 fully saturated rings. The molecule has 9 heteroatoms. The van der Waals surface area contributed by atoms with Gasteiger partial charge in [0.1, 0.15) is 23.9 Å². The molecular weight excluding hydrogens is 294 g/mol. The molecule has 10 N–H and O–H groups in total. The molecule has 1 rings (SSSR count). The Balaban J connectivity index is 0.000000472. The van der Waals surface area contributed by atoms with Crippen LogP contribution in [-0.2, 0) is 9.59 Å². The van der Waals surface area contributed by atoms with Crippen molar-refractivity contribution in [2.24, 2.45) is 17.2 Å². The van der Waals surface area contributed by atoms with E-state index in [1.807, 2.05) is 0 Å². The molecule has 22 heavy (non-hydrogen) atoms. The standard InChI is InChI=1S/C9H11NO4.C4H10N2O2/c10-7(9(13)14)8(12)5-1-3-6(11)4-2-5;5-2-1-3(6)4(7)8/h1-4,7-8,11-12H,10H2,(H,13,14);3H,1-2,5-6H2,(H,7,8)/t7-,8?;/m0./s1. The SMILES string of the molecule is NCCC(N)C(=O)O.N[C@H](C(=O)O)C(O)c1ccc(O)cc1. The van der Waals surface area contributed by atoms with Crippen LogP contribution in [0.3, 0.4) is 0 Å². The monoisotopic (exact) mass is 315 g/mol. The maximum absolute atomic E-state index is 10.4. The number of aromatic hydroxyl groups is 1. The van der Waals surface area contributed by atoms with Gasteiger partial charge in [0.25, 0.3) is 0 Å². The Hall–Kier alpha value is -2.20. The summed E-state index contributed by atoms with van der Waals surface area (Å²) < 4.78 is 0. The van der Waals surface area contributed by atoms with Crippen LogP contribution in [0.2, 0.25) is 0 Å². The molecule has 3 atom stereocenters. The Bertz CT molecular complexity index is 479. The number of aliphatic hydroxyl groups is 1. The van der Waals surface area contributed by atoms with E-state index in [1.54, 1.807) is 0 Å². The molecule has 0 saturated carbocycles. The van der Waals surface area contributed by atoms with Crippen molar-refractivity contribution in [3.05, 3.63) is 29.8 Å². The first-order valence-electron chi connectivity index (χ1n) is 6.34. The molecular formula is C13H21N3O6. The number of hydrogen-bond donors (Lipinski definition) is 7. The molecule has 0 aliphatic heterocycles. The summed E-state index contributed by atoms with van der Waals surface area (Å²) >= 11 is 0. The third-order valence-corrected chi connectivity index (χ3v) is 2.65. The zero-order chi connectivity index (χ0) is 17.3. The van der Waals surface area contributed by atoms with Crippen LogP contribution >= 0.6 is 0 Å². The van der Waals surface area contributed by atoms with E-state index < -0.39 is 30.1 Å². The summed E-state index contributed by atoms with van der Waals surface area (Å²) in [5.74, 6) is -2.22. The largest absolute Gasteiger partial charge is 0.508 e. The predicted molar refractivity (Wildman–Crippen MR) is 78.0 cm³/mol. The van der Waals surface area contributed by atoms with Crippen molar-refractivity contribution in [2.45, 2.75) is 24.6 Å². The van der Waals surface area contributed by atoms with Gasteiger partial charge in [0.2, 0.25) is 0 Å². The number of phenolic OH excluding ortho intramolecular Hbond substituents is 1. The fraction of sp³-hybridized carbons (Fsp3) is 0.385. The second kappa shape index (κ2) is 9.68. The quantitative estimate of drug-likeness (QED) is 0.330. The third kappa shape index (κ3) is 6.99. The van der Waals surface area contributed by atoms with Gasteiger partial charge in [0.15, 0.2) is 0 Å². The second-order valence-corrected chi connectivity index (χ2v) is 4.42. The van der Waals surface area contributed by atoms with Gasteiger partial charge >= 0.3 is 11.9 Å². The highest BCUT2D eigenvalue weighted by Gasteiger charge is 2.23. The predicted octanol–water partition coefficient (Wildman–Crippen LogP) is -1.42. The summed E-state index contributed by atoms with van der Waals surface area (Å²) in [6.45, 7) is 0.327. The highest BCUT2D eigenvalue weighted by atomic mass is 16.4. The summed E-state index contributed by atoms with van der Waals surface area (Å²) in [5.41, 5.74) is 15.6. The Kier molecular flexibility index (Phi) is 8.72. The van der Waals surface area contributed by atoms with Gasteiger partial charge in [0, 0.05) is 0 Å². The van der Waals surface area contributed by atoms with Crippen molar-refractivity contribution < 1.29 is 30.0 Å². The molecule has 2 unspecified atom stereocenters. The highest BCUT2D eigenvalue weighted by molar-refractivity contribution is 5.74. The Morgan fingerprint density at radius 3 is 1.86 bits per heavy atom. The first-order chi connectivity index (χ1) is 10.2. The van der Waals surface area contributed by atoms with E-state index in [9.17, 15) is 14.7 Å². The van der Waals surface area contributed by atoms with E-state index in [4.69, 9.17) is 32.5 Å². The smallest absolute Gasteiger partial charge is 0.323 e. The lowest BCUT2D eigenvalue weighted by molar-refractivity contribution is -0.141. The molecule has 0 radical (unpaired) electrons. The Morgan fingerprint density at radius 2 is 1.55 bits per heavy atom. The number of benzene rings is 1. The fourth-order valence-electron chi connectivity index (χ4n) is 1.32.